The number of hydrogen-bond acceptors (Lipinski definition) is 3. The molecule has 0 aromatic heterocycles. The van der Waals surface area contributed by atoms with Crippen molar-refractivity contribution >= 4 is 41.7 Å². The van der Waals surface area contributed by atoms with Gasteiger partial charge >= 0.3 is 0 Å². The number of hydrogen-bond donors (Lipinski definition) is 3. The molecule has 0 spiro atoms. The van der Waals surface area contributed by atoms with Gasteiger partial charge < -0.3 is 15.7 Å². The number of thioether (sulfide) groups is 1. The molecular formula is C16H28IN3OS. The van der Waals surface area contributed by atoms with Gasteiger partial charge in [-0.3, -0.25) is 0 Å². The molecule has 1 atom stereocenters. The molecule has 0 aliphatic heterocycles. The van der Waals surface area contributed by atoms with Gasteiger partial charge in [0.05, 0.1) is 6.54 Å². The second-order valence-corrected chi connectivity index (χ2v) is 6.09. The lowest BCUT2D eigenvalue weighted by Crippen LogP contribution is -2.39. The Balaban J connectivity index is 0.00000441. The van der Waals surface area contributed by atoms with Crippen LogP contribution in [-0.4, -0.2) is 42.7 Å². The largest absolute Gasteiger partial charge is 0.384 e. The van der Waals surface area contributed by atoms with Crippen LogP contribution in [0.1, 0.15) is 25.8 Å². The van der Waals surface area contributed by atoms with Gasteiger partial charge in [0.15, 0.2) is 5.96 Å². The number of aliphatic imine (C=N–C) groups is 1. The molecule has 1 unspecified atom stereocenters. The number of benzene rings is 1. The van der Waals surface area contributed by atoms with E-state index in [4.69, 9.17) is 0 Å². The summed E-state index contributed by atoms with van der Waals surface area (Å²) in [6.07, 6.45) is 3.21. The lowest BCUT2D eigenvalue weighted by atomic mass is 9.96. The van der Waals surface area contributed by atoms with Crippen LogP contribution in [0.2, 0.25) is 0 Å². The maximum atomic E-state index is 10.5. The second kappa shape index (κ2) is 12.0. The van der Waals surface area contributed by atoms with Gasteiger partial charge in [0.25, 0.3) is 0 Å². The monoisotopic (exact) mass is 437 g/mol. The Morgan fingerprint density at radius 2 is 1.95 bits per heavy atom. The topological polar surface area (TPSA) is 56.7 Å². The third kappa shape index (κ3) is 8.24. The lowest BCUT2D eigenvalue weighted by Gasteiger charge is -2.22. The molecule has 126 valence electrons. The van der Waals surface area contributed by atoms with Crippen LogP contribution in [0.5, 0.6) is 0 Å². The van der Waals surface area contributed by atoms with Crippen molar-refractivity contribution in [2.24, 2.45) is 4.99 Å². The van der Waals surface area contributed by atoms with Crippen molar-refractivity contribution in [2.45, 2.75) is 25.9 Å². The molecule has 0 heterocycles. The Morgan fingerprint density at radius 1 is 1.27 bits per heavy atom. The first kappa shape index (κ1) is 21.5. The van der Waals surface area contributed by atoms with E-state index in [1.165, 1.54) is 0 Å². The van der Waals surface area contributed by atoms with Crippen molar-refractivity contribution in [3.63, 3.8) is 0 Å². The molecular weight excluding hydrogens is 409 g/mol. The molecule has 1 aromatic carbocycles. The molecule has 6 heteroatoms. The fourth-order valence-corrected chi connectivity index (χ4v) is 2.32. The molecule has 0 saturated heterocycles. The normalized spacial score (nSPS) is 13.9. The summed E-state index contributed by atoms with van der Waals surface area (Å²) < 4.78 is 0. The third-order valence-electron chi connectivity index (χ3n) is 3.10. The predicted molar refractivity (Wildman–Crippen MR) is 108 cm³/mol. The van der Waals surface area contributed by atoms with Crippen LogP contribution in [0.4, 0.5) is 0 Å². The van der Waals surface area contributed by atoms with Crippen LogP contribution >= 0.6 is 35.7 Å². The van der Waals surface area contributed by atoms with E-state index in [0.29, 0.717) is 6.54 Å². The fraction of sp³-hybridized carbons (Fsp3) is 0.562. The van der Waals surface area contributed by atoms with E-state index in [1.54, 1.807) is 6.92 Å². The molecule has 0 amide bonds. The van der Waals surface area contributed by atoms with Gasteiger partial charge in [-0.15, -0.1) is 24.0 Å². The predicted octanol–water partition coefficient (Wildman–Crippen LogP) is 2.82. The summed E-state index contributed by atoms with van der Waals surface area (Å²) in [7, 11) is 0. The van der Waals surface area contributed by atoms with Crippen LogP contribution in [0, 0.1) is 0 Å². The average Bonchev–Trinajstić information content (AvgIpc) is 2.50. The number of halogens is 1. The summed E-state index contributed by atoms with van der Waals surface area (Å²) >= 11 is 1.84. The maximum Gasteiger partial charge on any atom is 0.191 e. The molecule has 0 radical (unpaired) electrons. The summed E-state index contributed by atoms with van der Waals surface area (Å²) in [4.78, 5) is 4.50. The van der Waals surface area contributed by atoms with E-state index in [0.717, 1.165) is 36.8 Å². The van der Waals surface area contributed by atoms with Crippen molar-refractivity contribution in [3.8, 4) is 0 Å². The molecule has 0 aliphatic rings. The van der Waals surface area contributed by atoms with Crippen LogP contribution in [-0.2, 0) is 5.60 Å². The van der Waals surface area contributed by atoms with Crippen LogP contribution < -0.4 is 10.6 Å². The van der Waals surface area contributed by atoms with Crippen molar-refractivity contribution in [3.05, 3.63) is 35.9 Å². The van der Waals surface area contributed by atoms with Gasteiger partial charge in [0.2, 0.25) is 0 Å². The summed E-state index contributed by atoms with van der Waals surface area (Å²) in [5.41, 5.74) is -0.0740. The second-order valence-electron chi connectivity index (χ2n) is 5.11. The smallest absolute Gasteiger partial charge is 0.191 e. The highest BCUT2D eigenvalue weighted by Gasteiger charge is 2.22. The average molecular weight is 437 g/mol. The molecule has 0 fully saturated rings. The van der Waals surface area contributed by atoms with E-state index < -0.39 is 5.60 Å². The van der Waals surface area contributed by atoms with Crippen LogP contribution in [0.25, 0.3) is 0 Å². The van der Waals surface area contributed by atoms with E-state index in [9.17, 15) is 5.11 Å². The van der Waals surface area contributed by atoms with Gasteiger partial charge in [-0.25, -0.2) is 4.99 Å². The zero-order chi connectivity index (χ0) is 15.6. The molecule has 1 rings (SSSR count). The quantitative estimate of drug-likeness (QED) is 0.254. The minimum atomic E-state index is -0.955. The molecule has 4 nitrogen and oxygen atoms in total. The summed E-state index contributed by atoms with van der Waals surface area (Å²) in [6.45, 7) is 5.86. The highest BCUT2D eigenvalue weighted by Crippen LogP contribution is 2.20. The van der Waals surface area contributed by atoms with Gasteiger partial charge in [0, 0.05) is 13.1 Å². The number of nitrogens with one attached hydrogen (secondary N) is 2. The first-order chi connectivity index (χ1) is 10.1. The highest BCUT2D eigenvalue weighted by molar-refractivity contribution is 14.0. The highest BCUT2D eigenvalue weighted by atomic mass is 127. The Morgan fingerprint density at radius 3 is 2.55 bits per heavy atom. The summed E-state index contributed by atoms with van der Waals surface area (Å²) in [6, 6.07) is 9.65. The summed E-state index contributed by atoms with van der Waals surface area (Å²) in [5.74, 6) is 1.89. The molecule has 22 heavy (non-hydrogen) atoms. The van der Waals surface area contributed by atoms with E-state index >= 15 is 0 Å². The Bertz CT molecular complexity index is 427. The van der Waals surface area contributed by atoms with Gasteiger partial charge in [-0.2, -0.15) is 11.8 Å². The van der Waals surface area contributed by atoms with Crippen molar-refractivity contribution in [1.82, 2.24) is 10.6 Å². The molecule has 3 N–H and O–H groups in total. The van der Waals surface area contributed by atoms with Crippen LogP contribution in [0.15, 0.2) is 35.3 Å². The number of rotatable bonds is 8. The number of guanidine groups is 1. The Kier molecular flexibility index (Phi) is 11.8. The van der Waals surface area contributed by atoms with E-state index in [2.05, 4.69) is 21.9 Å². The maximum absolute atomic E-state index is 10.5. The van der Waals surface area contributed by atoms with E-state index in [-0.39, 0.29) is 24.0 Å². The molecule has 0 bridgehead atoms. The third-order valence-corrected chi connectivity index (χ3v) is 3.80. The number of aliphatic hydroxyl groups is 1. The van der Waals surface area contributed by atoms with Crippen molar-refractivity contribution in [1.29, 1.82) is 0 Å². The van der Waals surface area contributed by atoms with Crippen molar-refractivity contribution in [2.75, 3.05) is 31.6 Å². The number of nitrogens with zero attached hydrogens (tertiary/aromatic N) is 1. The van der Waals surface area contributed by atoms with Gasteiger partial charge in [-0.1, -0.05) is 30.3 Å². The zero-order valence-corrected chi connectivity index (χ0v) is 16.8. The van der Waals surface area contributed by atoms with Crippen molar-refractivity contribution < 1.29 is 5.11 Å². The Labute approximate surface area is 155 Å². The standard InChI is InChI=1S/C16H27N3OS.HI/c1-4-17-15(18-11-8-12-21-3)19-13-16(2,20)14-9-6-5-7-10-14;/h5-7,9-10,20H,4,8,11-13H2,1-3H3,(H2,17,18,19);1H. The zero-order valence-electron chi connectivity index (χ0n) is 13.6. The first-order valence-electron chi connectivity index (χ1n) is 7.39. The summed E-state index contributed by atoms with van der Waals surface area (Å²) in [5, 5.41) is 17.0. The van der Waals surface area contributed by atoms with Crippen LogP contribution in [0.3, 0.4) is 0 Å². The first-order valence-corrected chi connectivity index (χ1v) is 8.78. The minimum absolute atomic E-state index is 0. The molecule has 0 saturated carbocycles. The molecule has 1 aromatic rings. The minimum Gasteiger partial charge on any atom is -0.384 e. The van der Waals surface area contributed by atoms with Gasteiger partial charge in [0.1, 0.15) is 5.60 Å². The SMILES string of the molecule is CCNC(=NCC(C)(O)c1ccccc1)NCCCSC.I. The fourth-order valence-electron chi connectivity index (χ4n) is 1.89. The van der Waals surface area contributed by atoms with E-state index in [1.807, 2.05) is 49.0 Å². The Hall–Kier alpha value is -0.470. The van der Waals surface area contributed by atoms with Gasteiger partial charge in [-0.05, 0) is 37.8 Å². The molecule has 0 aliphatic carbocycles. The lowest BCUT2D eigenvalue weighted by molar-refractivity contribution is 0.0672.